The van der Waals surface area contributed by atoms with E-state index < -0.39 is 0 Å². The highest BCUT2D eigenvalue weighted by Gasteiger charge is 2.28. The van der Waals surface area contributed by atoms with Crippen LogP contribution in [-0.2, 0) is 4.79 Å². The van der Waals surface area contributed by atoms with Gasteiger partial charge in [-0.1, -0.05) is 23.7 Å². The molecule has 26 heavy (non-hydrogen) atoms. The number of unbranched alkanes of at least 4 members (excludes halogenated alkanes) is 1. The number of carbonyl (C=O) groups is 2. The zero-order valence-corrected chi connectivity index (χ0v) is 15.7. The number of para-hydroxylation sites is 1. The molecular formula is C20H22ClN3O2. The van der Waals surface area contributed by atoms with E-state index in [4.69, 9.17) is 11.6 Å². The Morgan fingerprint density at radius 1 is 1.12 bits per heavy atom. The lowest BCUT2D eigenvalue weighted by Crippen LogP contribution is -2.26. The van der Waals surface area contributed by atoms with Gasteiger partial charge in [0.1, 0.15) is 0 Å². The van der Waals surface area contributed by atoms with Crippen LogP contribution >= 0.6 is 11.6 Å². The Balaban J connectivity index is 1.96. The first-order valence-corrected chi connectivity index (χ1v) is 9.03. The van der Waals surface area contributed by atoms with Crippen molar-refractivity contribution in [2.24, 2.45) is 0 Å². The van der Waals surface area contributed by atoms with Crippen LogP contribution in [-0.4, -0.2) is 37.4 Å². The van der Waals surface area contributed by atoms with E-state index in [0.29, 0.717) is 34.1 Å². The summed E-state index contributed by atoms with van der Waals surface area (Å²) in [6.07, 6.45) is 2.15. The molecule has 1 aliphatic heterocycles. The minimum atomic E-state index is -0.243. The number of carbonyl (C=O) groups excluding carboxylic acids is 2. The van der Waals surface area contributed by atoms with E-state index in [0.717, 1.165) is 19.4 Å². The number of hydrogen-bond acceptors (Lipinski definition) is 3. The minimum Gasteiger partial charge on any atom is -0.320 e. The summed E-state index contributed by atoms with van der Waals surface area (Å²) < 4.78 is 0. The van der Waals surface area contributed by atoms with Gasteiger partial charge in [0.2, 0.25) is 5.91 Å². The van der Waals surface area contributed by atoms with Crippen LogP contribution in [0.2, 0.25) is 5.02 Å². The number of hydrogen-bond donors (Lipinski definition) is 1. The summed E-state index contributed by atoms with van der Waals surface area (Å²) in [7, 11) is 4.04. The highest BCUT2D eigenvalue weighted by molar-refractivity contribution is 6.31. The lowest BCUT2D eigenvalue weighted by molar-refractivity contribution is -0.118. The van der Waals surface area contributed by atoms with Gasteiger partial charge in [-0.05, 0) is 63.8 Å². The van der Waals surface area contributed by atoms with Gasteiger partial charge in [0.25, 0.3) is 5.91 Å². The molecule has 6 heteroatoms. The van der Waals surface area contributed by atoms with Gasteiger partial charge < -0.3 is 10.2 Å². The largest absolute Gasteiger partial charge is 0.320 e. The van der Waals surface area contributed by atoms with Gasteiger partial charge in [0, 0.05) is 11.4 Å². The molecule has 0 unspecified atom stereocenters. The smallest absolute Gasteiger partial charge is 0.257 e. The third-order valence-corrected chi connectivity index (χ3v) is 4.57. The quantitative estimate of drug-likeness (QED) is 0.797. The summed E-state index contributed by atoms with van der Waals surface area (Å²) in [5.74, 6) is -0.275. The van der Waals surface area contributed by atoms with Crippen molar-refractivity contribution in [3.8, 4) is 0 Å². The van der Waals surface area contributed by atoms with Crippen LogP contribution in [0.25, 0.3) is 0 Å². The second kappa shape index (κ2) is 7.89. The first kappa shape index (κ1) is 18.4. The number of amides is 2. The lowest BCUT2D eigenvalue weighted by Gasteiger charge is -2.24. The highest BCUT2D eigenvalue weighted by atomic mass is 35.5. The van der Waals surface area contributed by atoms with Crippen molar-refractivity contribution in [2.75, 3.05) is 30.9 Å². The van der Waals surface area contributed by atoms with Crippen LogP contribution in [0.15, 0.2) is 42.5 Å². The normalized spacial score (nSPS) is 13.1. The molecule has 0 spiro atoms. The summed E-state index contributed by atoms with van der Waals surface area (Å²) >= 11 is 6.09. The fraction of sp³-hybridized carbons (Fsp3) is 0.300. The van der Waals surface area contributed by atoms with E-state index in [-0.39, 0.29) is 11.8 Å². The molecule has 0 saturated heterocycles. The zero-order valence-electron chi connectivity index (χ0n) is 15.0. The average molecular weight is 372 g/mol. The Morgan fingerprint density at radius 2 is 1.88 bits per heavy atom. The third-order valence-electron chi connectivity index (χ3n) is 4.33. The average Bonchev–Trinajstić information content (AvgIpc) is 2.72. The van der Waals surface area contributed by atoms with Gasteiger partial charge in [0.15, 0.2) is 0 Å². The first-order chi connectivity index (χ1) is 12.5. The molecular weight excluding hydrogens is 350 g/mol. The first-order valence-electron chi connectivity index (χ1n) is 8.65. The fourth-order valence-electron chi connectivity index (χ4n) is 3.07. The molecule has 2 aromatic carbocycles. The monoisotopic (exact) mass is 371 g/mol. The van der Waals surface area contributed by atoms with Crippen molar-refractivity contribution in [3.05, 3.63) is 53.1 Å². The third kappa shape index (κ3) is 3.89. The Kier molecular flexibility index (Phi) is 5.59. The zero-order chi connectivity index (χ0) is 18.7. The summed E-state index contributed by atoms with van der Waals surface area (Å²) in [6, 6.07) is 12.3. The number of nitrogens with one attached hydrogen (secondary N) is 1. The Labute approximate surface area is 158 Å². The summed E-state index contributed by atoms with van der Waals surface area (Å²) in [4.78, 5) is 29.4. The van der Waals surface area contributed by atoms with E-state index in [1.807, 2.05) is 20.2 Å². The Morgan fingerprint density at radius 3 is 2.65 bits per heavy atom. The number of nitrogens with zero attached hydrogens (tertiary/aromatic N) is 2. The van der Waals surface area contributed by atoms with Crippen LogP contribution in [0.4, 0.5) is 17.1 Å². The molecule has 1 heterocycles. The second-order valence-corrected chi connectivity index (χ2v) is 7.06. The molecule has 0 atom stereocenters. The van der Waals surface area contributed by atoms with Crippen LogP contribution in [0.5, 0.6) is 0 Å². The van der Waals surface area contributed by atoms with Gasteiger partial charge in [-0.15, -0.1) is 0 Å². The summed E-state index contributed by atoms with van der Waals surface area (Å²) in [5, 5.41) is 3.37. The molecule has 5 nitrogen and oxygen atoms in total. The molecule has 0 aliphatic carbocycles. The van der Waals surface area contributed by atoms with E-state index in [9.17, 15) is 9.59 Å². The molecule has 136 valence electrons. The Hall–Kier alpha value is -2.37. The van der Waals surface area contributed by atoms with Crippen molar-refractivity contribution in [2.45, 2.75) is 19.3 Å². The molecule has 3 rings (SSSR count). The minimum absolute atomic E-state index is 0.0312. The Bertz CT molecular complexity index is 836. The summed E-state index contributed by atoms with van der Waals surface area (Å²) in [5.41, 5.74) is 2.26. The van der Waals surface area contributed by atoms with Crippen molar-refractivity contribution in [3.63, 3.8) is 0 Å². The van der Waals surface area contributed by atoms with Crippen LogP contribution < -0.4 is 10.2 Å². The van der Waals surface area contributed by atoms with Crippen molar-refractivity contribution in [1.82, 2.24) is 4.90 Å². The van der Waals surface area contributed by atoms with E-state index >= 15 is 0 Å². The molecule has 0 aromatic heterocycles. The molecule has 0 radical (unpaired) electrons. The standard InChI is InChI=1S/C20H22ClN3O2/c1-23(2)12-6-5-9-19(25)24-17-8-4-3-7-15(17)20(26)22-16-13-14(21)10-11-18(16)24/h3-4,7-8,10-11,13H,5-6,9,12H2,1-2H3,(H,22,26). The molecule has 2 aromatic rings. The van der Waals surface area contributed by atoms with Crippen LogP contribution in [0, 0.1) is 0 Å². The summed E-state index contributed by atoms with van der Waals surface area (Å²) in [6.45, 7) is 0.941. The maximum absolute atomic E-state index is 13.1. The second-order valence-electron chi connectivity index (χ2n) is 6.62. The van der Waals surface area contributed by atoms with Crippen molar-refractivity contribution in [1.29, 1.82) is 0 Å². The van der Waals surface area contributed by atoms with Gasteiger partial charge >= 0.3 is 0 Å². The van der Waals surface area contributed by atoms with Crippen molar-refractivity contribution >= 4 is 40.5 Å². The molecule has 2 amide bonds. The maximum atomic E-state index is 13.1. The number of benzene rings is 2. The van der Waals surface area contributed by atoms with Gasteiger partial charge in [-0.25, -0.2) is 0 Å². The number of halogens is 1. The van der Waals surface area contributed by atoms with Crippen molar-refractivity contribution < 1.29 is 9.59 Å². The van der Waals surface area contributed by atoms with E-state index in [1.165, 1.54) is 0 Å². The predicted molar refractivity (Wildman–Crippen MR) is 105 cm³/mol. The van der Waals surface area contributed by atoms with Gasteiger partial charge in [-0.3, -0.25) is 14.5 Å². The number of rotatable bonds is 5. The predicted octanol–water partition coefficient (Wildman–Crippen LogP) is 4.30. The molecule has 1 N–H and O–H groups in total. The van der Waals surface area contributed by atoms with Crippen LogP contribution in [0.1, 0.15) is 29.6 Å². The molecule has 0 bridgehead atoms. The SMILES string of the molecule is CN(C)CCCCC(=O)N1c2ccc(Cl)cc2NC(=O)c2ccccc21. The fourth-order valence-corrected chi connectivity index (χ4v) is 3.24. The molecule has 0 saturated carbocycles. The maximum Gasteiger partial charge on any atom is 0.257 e. The lowest BCUT2D eigenvalue weighted by atomic mass is 10.1. The van der Waals surface area contributed by atoms with Gasteiger partial charge in [-0.2, -0.15) is 0 Å². The topological polar surface area (TPSA) is 52.7 Å². The van der Waals surface area contributed by atoms with E-state index in [2.05, 4.69) is 10.2 Å². The van der Waals surface area contributed by atoms with Crippen LogP contribution in [0.3, 0.4) is 0 Å². The highest BCUT2D eigenvalue weighted by Crippen LogP contribution is 2.39. The molecule has 1 aliphatic rings. The molecule has 0 fully saturated rings. The number of fused-ring (bicyclic) bond motifs is 2. The number of anilines is 3. The van der Waals surface area contributed by atoms with Gasteiger partial charge in [0.05, 0.1) is 22.6 Å². The van der Waals surface area contributed by atoms with E-state index in [1.54, 1.807) is 41.3 Å².